The minimum atomic E-state index is -0.941. The van der Waals surface area contributed by atoms with E-state index in [1.165, 1.54) is 6.42 Å². The molecule has 2 rings (SSSR count). The standard InChI is InChI=1S/C6H5IO.C6H10O/c8-7-6-4-2-1-3-5-6;7-6-4-2-1-3-5-6/h1-5H;1-5H2. The molecule has 0 spiro atoms. The maximum absolute atomic E-state index is 10.5. The van der Waals surface area contributed by atoms with E-state index >= 15 is 0 Å². The van der Waals surface area contributed by atoms with E-state index in [1.807, 2.05) is 30.3 Å². The van der Waals surface area contributed by atoms with Crippen molar-refractivity contribution in [1.82, 2.24) is 0 Å². The van der Waals surface area contributed by atoms with E-state index in [2.05, 4.69) is 0 Å². The van der Waals surface area contributed by atoms with Crippen molar-refractivity contribution in [3.05, 3.63) is 33.9 Å². The third-order valence-corrected chi connectivity index (χ3v) is 3.46. The fraction of sp³-hybridized carbons (Fsp3) is 0.417. The Morgan fingerprint density at radius 3 is 1.87 bits per heavy atom. The third-order valence-electron chi connectivity index (χ3n) is 2.23. The molecule has 0 aliphatic heterocycles. The highest BCUT2D eigenvalue weighted by atomic mass is 127. The zero-order valence-corrected chi connectivity index (χ0v) is 10.8. The van der Waals surface area contributed by atoms with E-state index in [4.69, 9.17) is 0 Å². The van der Waals surface area contributed by atoms with Crippen molar-refractivity contribution in [3.8, 4) is 0 Å². The first-order valence-electron chi connectivity index (χ1n) is 5.17. The zero-order valence-electron chi connectivity index (χ0n) is 8.62. The van der Waals surface area contributed by atoms with Crippen LogP contribution >= 0.6 is 21.2 Å². The van der Waals surface area contributed by atoms with Crippen LogP contribution in [0, 0.1) is 3.57 Å². The highest BCUT2D eigenvalue weighted by Gasteiger charge is 2.05. The number of hydrogen-bond acceptors (Lipinski definition) is 2. The second-order valence-electron chi connectivity index (χ2n) is 3.47. The zero-order chi connectivity index (χ0) is 10.9. The quantitative estimate of drug-likeness (QED) is 0.740. The second kappa shape index (κ2) is 7.68. The molecule has 0 unspecified atom stereocenters. The van der Waals surface area contributed by atoms with Gasteiger partial charge in [0.15, 0.2) is 21.2 Å². The Balaban J connectivity index is 0.000000151. The normalized spacial score (nSPS) is 15.3. The summed E-state index contributed by atoms with van der Waals surface area (Å²) in [6, 6.07) is 9.46. The van der Waals surface area contributed by atoms with E-state index in [-0.39, 0.29) is 0 Å². The maximum atomic E-state index is 10.5. The third kappa shape index (κ3) is 5.77. The molecule has 1 fully saturated rings. The van der Waals surface area contributed by atoms with Gasteiger partial charge in [0.25, 0.3) is 0 Å². The van der Waals surface area contributed by atoms with Gasteiger partial charge in [-0.25, -0.2) is 0 Å². The van der Waals surface area contributed by atoms with Crippen molar-refractivity contribution in [2.24, 2.45) is 0 Å². The largest absolute Gasteiger partial charge is 0.300 e. The molecular weight excluding hydrogens is 303 g/mol. The summed E-state index contributed by atoms with van der Waals surface area (Å²) in [5.41, 5.74) is 0. The number of Topliss-reactive ketones (excluding diaryl/α,β-unsaturated/α-hetero) is 1. The van der Waals surface area contributed by atoms with Crippen LogP contribution < -0.4 is 0 Å². The number of rotatable bonds is 1. The van der Waals surface area contributed by atoms with Crippen molar-refractivity contribution in [3.63, 3.8) is 0 Å². The monoisotopic (exact) mass is 318 g/mol. The Bertz CT molecular complexity index is 301. The van der Waals surface area contributed by atoms with E-state index < -0.39 is 21.2 Å². The lowest BCUT2D eigenvalue weighted by molar-refractivity contribution is -0.120. The van der Waals surface area contributed by atoms with Crippen molar-refractivity contribution < 1.29 is 7.86 Å². The highest BCUT2D eigenvalue weighted by Crippen LogP contribution is 2.12. The molecule has 1 aromatic carbocycles. The number of halogens is 1. The second-order valence-corrected chi connectivity index (χ2v) is 5.16. The first-order valence-corrected chi connectivity index (χ1v) is 7.12. The molecular formula is C12H15IO2. The molecule has 2 nitrogen and oxygen atoms in total. The first-order chi connectivity index (χ1) is 7.33. The molecule has 0 heterocycles. The summed E-state index contributed by atoms with van der Waals surface area (Å²) in [6.45, 7) is 0. The van der Waals surface area contributed by atoms with Crippen LogP contribution in [0.15, 0.2) is 30.3 Å². The van der Waals surface area contributed by atoms with E-state index in [1.54, 1.807) is 0 Å². The van der Waals surface area contributed by atoms with Crippen LogP contribution in [0.25, 0.3) is 0 Å². The van der Waals surface area contributed by atoms with Crippen LogP contribution in [-0.2, 0) is 7.86 Å². The summed E-state index contributed by atoms with van der Waals surface area (Å²) in [7, 11) is 0. The molecule has 0 N–H and O–H groups in total. The van der Waals surface area contributed by atoms with Crippen molar-refractivity contribution in [1.29, 1.82) is 0 Å². The predicted molar refractivity (Wildman–Crippen MR) is 67.9 cm³/mol. The summed E-state index contributed by atoms with van der Waals surface area (Å²) in [5, 5.41) is 0. The van der Waals surface area contributed by atoms with Crippen LogP contribution in [0.3, 0.4) is 0 Å². The lowest BCUT2D eigenvalue weighted by Gasteiger charge is -2.05. The average Bonchev–Trinajstić information content (AvgIpc) is 2.32. The fourth-order valence-electron chi connectivity index (χ4n) is 1.41. The van der Waals surface area contributed by atoms with Crippen LogP contribution in [0.1, 0.15) is 32.1 Å². The van der Waals surface area contributed by atoms with Crippen LogP contribution in [0.2, 0.25) is 0 Å². The highest BCUT2D eigenvalue weighted by molar-refractivity contribution is 14.1. The molecule has 0 saturated heterocycles. The Labute approximate surface area is 101 Å². The summed E-state index contributed by atoms with van der Waals surface area (Å²) < 4.78 is 11.2. The number of carbonyl (C=O) groups is 1. The molecule has 1 saturated carbocycles. The molecule has 0 aromatic heterocycles. The molecule has 0 amide bonds. The smallest absolute Gasteiger partial charge is 0.182 e. The molecule has 0 radical (unpaired) electrons. The minimum Gasteiger partial charge on any atom is -0.300 e. The molecule has 0 bridgehead atoms. The Morgan fingerprint density at radius 1 is 0.933 bits per heavy atom. The average molecular weight is 318 g/mol. The van der Waals surface area contributed by atoms with Crippen molar-refractivity contribution >= 4 is 27.0 Å². The van der Waals surface area contributed by atoms with Gasteiger partial charge in [0.2, 0.25) is 0 Å². The number of ketones is 1. The van der Waals surface area contributed by atoms with Crippen molar-refractivity contribution in [2.75, 3.05) is 0 Å². The van der Waals surface area contributed by atoms with Gasteiger partial charge in [0.05, 0.1) is 0 Å². The predicted octanol–water partition coefficient (Wildman–Crippen LogP) is 3.69. The number of benzene rings is 1. The minimum absolute atomic E-state index is 0.464. The number of hydrogen-bond donors (Lipinski definition) is 0. The van der Waals surface area contributed by atoms with E-state index in [9.17, 15) is 7.86 Å². The van der Waals surface area contributed by atoms with Gasteiger partial charge in [0, 0.05) is 16.4 Å². The molecule has 15 heavy (non-hydrogen) atoms. The van der Waals surface area contributed by atoms with Gasteiger partial charge < -0.3 is 0 Å². The fourth-order valence-corrected chi connectivity index (χ4v) is 2.12. The van der Waals surface area contributed by atoms with Gasteiger partial charge in [-0.1, -0.05) is 24.6 Å². The summed E-state index contributed by atoms with van der Waals surface area (Å²) in [6.07, 6.45) is 5.24. The molecule has 0 atom stereocenters. The van der Waals surface area contributed by atoms with Gasteiger partial charge in [-0.15, -0.1) is 0 Å². The lowest BCUT2D eigenvalue weighted by Crippen LogP contribution is -2.02. The van der Waals surface area contributed by atoms with Gasteiger partial charge in [-0.05, 0) is 25.0 Å². The summed E-state index contributed by atoms with van der Waals surface area (Å²) in [4.78, 5) is 10.5. The Morgan fingerprint density at radius 2 is 1.53 bits per heavy atom. The maximum Gasteiger partial charge on any atom is 0.182 e. The topological polar surface area (TPSA) is 34.1 Å². The van der Waals surface area contributed by atoms with E-state index in [0.29, 0.717) is 5.78 Å². The first kappa shape index (κ1) is 12.5. The molecule has 3 heteroatoms. The van der Waals surface area contributed by atoms with Gasteiger partial charge in [-0.3, -0.25) is 7.86 Å². The Hall–Kier alpha value is -0.580. The SMILES string of the molecule is O=C1CCCCC1.O=Ic1ccccc1. The lowest BCUT2D eigenvalue weighted by atomic mass is 10.00. The van der Waals surface area contributed by atoms with Gasteiger partial charge in [0.1, 0.15) is 5.78 Å². The van der Waals surface area contributed by atoms with Crippen molar-refractivity contribution in [2.45, 2.75) is 32.1 Å². The van der Waals surface area contributed by atoms with E-state index in [0.717, 1.165) is 29.3 Å². The van der Waals surface area contributed by atoms with Crippen LogP contribution in [0.5, 0.6) is 0 Å². The molecule has 1 aromatic rings. The van der Waals surface area contributed by atoms with Gasteiger partial charge in [-0.2, -0.15) is 0 Å². The summed E-state index contributed by atoms with van der Waals surface area (Å²) in [5.74, 6) is 0.464. The number of carbonyl (C=O) groups excluding carboxylic acids is 1. The van der Waals surface area contributed by atoms with Gasteiger partial charge >= 0.3 is 0 Å². The van der Waals surface area contributed by atoms with Crippen LogP contribution in [0.4, 0.5) is 0 Å². The molecule has 1 aliphatic rings. The summed E-state index contributed by atoms with van der Waals surface area (Å²) >= 11 is -0.941. The molecule has 1 aliphatic carbocycles. The molecule has 82 valence electrons. The van der Waals surface area contributed by atoms with Crippen LogP contribution in [-0.4, -0.2) is 5.78 Å². The Kier molecular flexibility index (Phi) is 6.39.